The quantitative estimate of drug-likeness (QED) is 0.894. The molecule has 2 N–H and O–H groups in total. The van der Waals surface area contributed by atoms with Gasteiger partial charge in [-0.3, -0.25) is 4.68 Å². The van der Waals surface area contributed by atoms with Crippen molar-refractivity contribution in [3.8, 4) is 0 Å². The molecule has 0 saturated carbocycles. The lowest BCUT2D eigenvalue weighted by Crippen LogP contribution is -2.26. The van der Waals surface area contributed by atoms with Gasteiger partial charge in [0.2, 0.25) is 10.0 Å². The van der Waals surface area contributed by atoms with E-state index in [1.54, 1.807) is 49.4 Å². The number of nitrogens with two attached hydrogens (primary N) is 1. The molecule has 0 spiro atoms. The first kappa shape index (κ1) is 15.7. The van der Waals surface area contributed by atoms with Gasteiger partial charge in [-0.15, -0.1) is 0 Å². The average Bonchev–Trinajstić information content (AvgIpc) is 2.83. The third-order valence-corrected chi connectivity index (χ3v) is 5.21. The van der Waals surface area contributed by atoms with Crippen molar-refractivity contribution < 1.29 is 8.42 Å². The predicted molar refractivity (Wildman–Crippen MR) is 80.9 cm³/mol. The van der Waals surface area contributed by atoms with Crippen molar-refractivity contribution in [2.75, 3.05) is 7.05 Å². The molecule has 0 radical (unpaired) electrons. The smallest absolute Gasteiger partial charge is 0.243 e. The number of hydrogen-bond acceptors (Lipinski definition) is 4. The topological polar surface area (TPSA) is 81.2 Å². The summed E-state index contributed by atoms with van der Waals surface area (Å²) in [6.45, 7) is 2.55. The van der Waals surface area contributed by atoms with E-state index in [4.69, 9.17) is 5.73 Å². The lowest BCUT2D eigenvalue weighted by molar-refractivity contribution is 0.466. The van der Waals surface area contributed by atoms with Gasteiger partial charge in [0.05, 0.1) is 11.1 Å². The van der Waals surface area contributed by atoms with Crippen LogP contribution in [-0.2, 0) is 30.2 Å². The second-order valence-electron chi connectivity index (χ2n) is 5.08. The number of sulfonamides is 1. The van der Waals surface area contributed by atoms with Crippen LogP contribution in [0.1, 0.15) is 16.7 Å². The van der Waals surface area contributed by atoms with Gasteiger partial charge >= 0.3 is 0 Å². The summed E-state index contributed by atoms with van der Waals surface area (Å²) in [7, 11) is -0.157. The molecule has 0 fully saturated rings. The lowest BCUT2D eigenvalue weighted by atomic mass is 10.1. The Balaban J connectivity index is 2.26. The molecule has 0 saturated heterocycles. The highest BCUT2D eigenvalue weighted by atomic mass is 32.2. The van der Waals surface area contributed by atoms with Gasteiger partial charge in [-0.1, -0.05) is 6.07 Å². The zero-order valence-corrected chi connectivity index (χ0v) is 13.3. The van der Waals surface area contributed by atoms with Gasteiger partial charge in [0.25, 0.3) is 0 Å². The molecule has 21 heavy (non-hydrogen) atoms. The third kappa shape index (κ3) is 3.31. The van der Waals surface area contributed by atoms with Crippen LogP contribution in [0.4, 0.5) is 0 Å². The van der Waals surface area contributed by atoms with Crippen LogP contribution < -0.4 is 5.73 Å². The van der Waals surface area contributed by atoms with Crippen molar-refractivity contribution in [2.24, 2.45) is 12.8 Å². The summed E-state index contributed by atoms with van der Waals surface area (Å²) < 4.78 is 28.1. The molecule has 0 aliphatic carbocycles. The molecule has 7 heteroatoms. The molecular weight excluding hydrogens is 288 g/mol. The van der Waals surface area contributed by atoms with Crippen LogP contribution >= 0.6 is 0 Å². The van der Waals surface area contributed by atoms with Crippen molar-refractivity contribution in [2.45, 2.75) is 24.9 Å². The summed E-state index contributed by atoms with van der Waals surface area (Å²) >= 11 is 0. The van der Waals surface area contributed by atoms with Gasteiger partial charge in [-0.25, -0.2) is 8.42 Å². The molecule has 1 aromatic heterocycles. The number of aryl methyl sites for hydroxylation is 2. The van der Waals surface area contributed by atoms with Crippen LogP contribution in [0.2, 0.25) is 0 Å². The van der Waals surface area contributed by atoms with Crippen LogP contribution in [0.5, 0.6) is 0 Å². The first-order valence-electron chi connectivity index (χ1n) is 6.58. The summed E-state index contributed by atoms with van der Waals surface area (Å²) in [6.07, 6.45) is 3.46. The highest BCUT2D eigenvalue weighted by molar-refractivity contribution is 7.89. The third-order valence-electron chi connectivity index (χ3n) is 3.41. The fraction of sp³-hybridized carbons (Fsp3) is 0.357. The maximum absolute atomic E-state index is 12.6. The van der Waals surface area contributed by atoms with Crippen molar-refractivity contribution in [1.82, 2.24) is 14.1 Å². The second kappa shape index (κ2) is 5.97. The molecule has 0 unspecified atom stereocenters. The Bertz CT molecular complexity index is 737. The van der Waals surface area contributed by atoms with Gasteiger partial charge in [0.15, 0.2) is 0 Å². The highest BCUT2D eigenvalue weighted by Crippen LogP contribution is 2.19. The number of nitrogens with zero attached hydrogens (tertiary/aromatic N) is 3. The number of aromatic nitrogens is 2. The van der Waals surface area contributed by atoms with E-state index < -0.39 is 10.0 Å². The fourth-order valence-electron chi connectivity index (χ4n) is 2.13. The standard InChI is InChI=1S/C14H20N4O2S/c1-11-6-14(5-4-13(11)7-15)21(19,20)18(3)10-12-8-16-17(2)9-12/h4-6,8-9H,7,10,15H2,1-3H3. The molecule has 0 bridgehead atoms. The Morgan fingerprint density at radius 1 is 1.38 bits per heavy atom. The Morgan fingerprint density at radius 3 is 2.62 bits per heavy atom. The monoisotopic (exact) mass is 308 g/mol. The summed E-state index contributed by atoms with van der Waals surface area (Å²) in [5.74, 6) is 0. The first-order valence-corrected chi connectivity index (χ1v) is 8.02. The van der Waals surface area contributed by atoms with Gasteiger partial charge < -0.3 is 5.73 Å². The predicted octanol–water partition coefficient (Wildman–Crippen LogP) is 1.01. The maximum Gasteiger partial charge on any atom is 0.243 e. The van der Waals surface area contributed by atoms with E-state index in [-0.39, 0.29) is 11.4 Å². The molecular formula is C14H20N4O2S. The Hall–Kier alpha value is -1.70. The van der Waals surface area contributed by atoms with Gasteiger partial charge in [-0.05, 0) is 30.2 Å². The molecule has 1 aromatic carbocycles. The largest absolute Gasteiger partial charge is 0.326 e. The molecule has 2 aromatic rings. The SMILES string of the molecule is Cc1cc(S(=O)(=O)N(C)Cc2cnn(C)c2)ccc1CN. The first-order chi connectivity index (χ1) is 9.84. The van der Waals surface area contributed by atoms with E-state index in [2.05, 4.69) is 5.10 Å². The normalized spacial score (nSPS) is 12.0. The molecule has 0 atom stereocenters. The van der Waals surface area contributed by atoms with Crippen molar-refractivity contribution >= 4 is 10.0 Å². The highest BCUT2D eigenvalue weighted by Gasteiger charge is 2.21. The Kier molecular flexibility index (Phi) is 4.46. The van der Waals surface area contributed by atoms with E-state index in [0.717, 1.165) is 16.7 Å². The van der Waals surface area contributed by atoms with Crippen LogP contribution in [0.15, 0.2) is 35.5 Å². The Labute approximate surface area is 125 Å². The number of benzene rings is 1. The summed E-state index contributed by atoms with van der Waals surface area (Å²) in [5.41, 5.74) is 8.28. The van der Waals surface area contributed by atoms with Crippen molar-refractivity contribution in [1.29, 1.82) is 0 Å². The van der Waals surface area contributed by atoms with E-state index in [0.29, 0.717) is 6.54 Å². The second-order valence-corrected chi connectivity index (χ2v) is 7.12. The zero-order chi connectivity index (χ0) is 15.6. The number of hydrogen-bond donors (Lipinski definition) is 1. The minimum Gasteiger partial charge on any atom is -0.326 e. The average molecular weight is 308 g/mol. The van der Waals surface area contributed by atoms with Crippen molar-refractivity contribution in [3.63, 3.8) is 0 Å². The van der Waals surface area contributed by atoms with Gasteiger partial charge in [0, 0.05) is 38.9 Å². The minimum atomic E-state index is -3.52. The van der Waals surface area contributed by atoms with E-state index in [9.17, 15) is 8.42 Å². The van der Waals surface area contributed by atoms with Crippen molar-refractivity contribution in [3.05, 3.63) is 47.3 Å². The van der Waals surface area contributed by atoms with E-state index in [1.807, 2.05) is 6.92 Å². The molecule has 2 rings (SSSR count). The summed E-state index contributed by atoms with van der Waals surface area (Å²) in [5, 5.41) is 4.04. The van der Waals surface area contributed by atoms with E-state index in [1.165, 1.54) is 4.31 Å². The molecule has 1 heterocycles. The van der Waals surface area contributed by atoms with Crippen LogP contribution in [-0.4, -0.2) is 29.6 Å². The number of rotatable bonds is 5. The molecule has 0 aliphatic rings. The maximum atomic E-state index is 12.6. The van der Waals surface area contributed by atoms with Gasteiger partial charge in [0.1, 0.15) is 0 Å². The molecule has 0 amide bonds. The summed E-state index contributed by atoms with van der Waals surface area (Å²) in [6, 6.07) is 5.03. The van der Waals surface area contributed by atoms with Crippen LogP contribution in [0.3, 0.4) is 0 Å². The van der Waals surface area contributed by atoms with Crippen LogP contribution in [0.25, 0.3) is 0 Å². The van der Waals surface area contributed by atoms with E-state index >= 15 is 0 Å². The van der Waals surface area contributed by atoms with Crippen LogP contribution in [0, 0.1) is 6.92 Å². The molecule has 6 nitrogen and oxygen atoms in total. The fourth-order valence-corrected chi connectivity index (χ4v) is 3.38. The summed E-state index contributed by atoms with van der Waals surface area (Å²) in [4.78, 5) is 0.281. The Morgan fingerprint density at radius 2 is 2.10 bits per heavy atom. The molecule has 114 valence electrons. The van der Waals surface area contributed by atoms with Gasteiger partial charge in [-0.2, -0.15) is 9.40 Å². The zero-order valence-electron chi connectivity index (χ0n) is 12.4. The molecule has 0 aliphatic heterocycles. The minimum absolute atomic E-state index is 0.281. The lowest BCUT2D eigenvalue weighted by Gasteiger charge is -2.17.